The molecule has 0 aliphatic carbocycles. The molecule has 1 rings (SSSR count). The van der Waals surface area contributed by atoms with Crippen LogP contribution in [-0.2, 0) is 9.53 Å². The fourth-order valence-corrected chi connectivity index (χ4v) is 1.92. The minimum Gasteiger partial charge on any atom is -0.462 e. The van der Waals surface area contributed by atoms with E-state index in [1.165, 1.54) is 38.5 Å². The molecule has 0 radical (unpaired) electrons. The van der Waals surface area contributed by atoms with Crippen molar-refractivity contribution < 1.29 is 9.53 Å². The standard InChI is InChI=1S/C15H24O2/c16-15-13-11-9-7-5-3-1-2-4-6-8-10-12-14-17-15/h8,10-11,13H,1-7,9,12,14H2/b10-8+,13-11-. The first-order chi connectivity index (χ1) is 8.39. The van der Waals surface area contributed by atoms with Crippen molar-refractivity contribution in [3.8, 4) is 0 Å². The molecule has 0 amide bonds. The molecule has 96 valence electrons. The number of esters is 1. The van der Waals surface area contributed by atoms with E-state index >= 15 is 0 Å². The first-order valence-electron chi connectivity index (χ1n) is 6.88. The van der Waals surface area contributed by atoms with E-state index in [1.54, 1.807) is 6.08 Å². The van der Waals surface area contributed by atoms with Crippen molar-refractivity contribution >= 4 is 5.97 Å². The van der Waals surface area contributed by atoms with Gasteiger partial charge in [-0.3, -0.25) is 0 Å². The maximum absolute atomic E-state index is 11.2. The number of carbonyl (C=O) groups excluding carboxylic acids is 1. The van der Waals surface area contributed by atoms with Crippen molar-refractivity contribution in [1.82, 2.24) is 0 Å². The molecule has 0 aromatic carbocycles. The fourth-order valence-electron chi connectivity index (χ4n) is 1.92. The summed E-state index contributed by atoms with van der Waals surface area (Å²) in [6, 6.07) is 0. The van der Waals surface area contributed by atoms with Crippen LogP contribution in [-0.4, -0.2) is 12.6 Å². The van der Waals surface area contributed by atoms with Gasteiger partial charge in [-0.25, -0.2) is 4.79 Å². The van der Waals surface area contributed by atoms with Gasteiger partial charge in [0.15, 0.2) is 0 Å². The molecule has 0 unspecified atom stereocenters. The second kappa shape index (κ2) is 10.1. The average molecular weight is 236 g/mol. The minimum absolute atomic E-state index is 0.203. The number of cyclic esters (lactones) is 1. The van der Waals surface area contributed by atoms with E-state index in [-0.39, 0.29) is 5.97 Å². The van der Waals surface area contributed by atoms with E-state index in [1.807, 2.05) is 6.08 Å². The summed E-state index contributed by atoms with van der Waals surface area (Å²) in [5, 5.41) is 0. The Morgan fingerprint density at radius 2 is 1.35 bits per heavy atom. The summed E-state index contributed by atoms with van der Waals surface area (Å²) in [6.07, 6.45) is 18.6. The van der Waals surface area contributed by atoms with E-state index in [0.29, 0.717) is 6.61 Å². The van der Waals surface area contributed by atoms with Crippen LogP contribution in [0.5, 0.6) is 0 Å². The summed E-state index contributed by atoms with van der Waals surface area (Å²) in [5.74, 6) is -0.203. The monoisotopic (exact) mass is 236 g/mol. The van der Waals surface area contributed by atoms with Crippen molar-refractivity contribution in [2.75, 3.05) is 6.61 Å². The molecule has 0 saturated heterocycles. The number of hydrogen-bond donors (Lipinski definition) is 0. The van der Waals surface area contributed by atoms with Crippen molar-refractivity contribution in [1.29, 1.82) is 0 Å². The molecule has 0 N–H and O–H groups in total. The normalized spacial score (nSPS) is 24.8. The summed E-state index contributed by atoms with van der Waals surface area (Å²) in [6.45, 7) is 0.500. The van der Waals surface area contributed by atoms with Crippen molar-refractivity contribution in [2.24, 2.45) is 0 Å². The average Bonchev–Trinajstić information content (AvgIpc) is 2.32. The number of rotatable bonds is 0. The maximum Gasteiger partial charge on any atom is 0.330 e. The molecule has 0 fully saturated rings. The highest BCUT2D eigenvalue weighted by molar-refractivity contribution is 5.81. The second-order valence-electron chi connectivity index (χ2n) is 4.53. The van der Waals surface area contributed by atoms with Gasteiger partial charge >= 0.3 is 5.97 Å². The van der Waals surface area contributed by atoms with Crippen LogP contribution in [0.25, 0.3) is 0 Å². The van der Waals surface area contributed by atoms with Crippen LogP contribution in [0, 0.1) is 0 Å². The van der Waals surface area contributed by atoms with Crippen molar-refractivity contribution in [3.05, 3.63) is 24.3 Å². The van der Waals surface area contributed by atoms with Crippen LogP contribution in [0.2, 0.25) is 0 Å². The SMILES string of the molecule is O=C1/C=C\CCCCCCCC/C=C/CCO1. The van der Waals surface area contributed by atoms with Gasteiger partial charge < -0.3 is 4.74 Å². The highest BCUT2D eigenvalue weighted by Crippen LogP contribution is 2.09. The largest absolute Gasteiger partial charge is 0.462 e. The van der Waals surface area contributed by atoms with Gasteiger partial charge in [0, 0.05) is 6.08 Å². The molecule has 1 aliphatic heterocycles. The molecule has 2 nitrogen and oxygen atoms in total. The van der Waals surface area contributed by atoms with E-state index in [4.69, 9.17) is 4.74 Å². The lowest BCUT2D eigenvalue weighted by Gasteiger charge is -2.01. The third-order valence-electron chi connectivity index (χ3n) is 2.94. The predicted molar refractivity (Wildman–Crippen MR) is 70.8 cm³/mol. The molecule has 0 aromatic heterocycles. The highest BCUT2D eigenvalue weighted by Gasteiger charge is 1.95. The lowest BCUT2D eigenvalue weighted by Crippen LogP contribution is -2.01. The molecule has 1 aliphatic rings. The maximum atomic E-state index is 11.2. The van der Waals surface area contributed by atoms with Gasteiger partial charge in [0.1, 0.15) is 0 Å². The molecule has 17 heavy (non-hydrogen) atoms. The quantitative estimate of drug-likeness (QED) is 0.466. The molecular formula is C15H24O2. The van der Waals surface area contributed by atoms with Gasteiger partial charge in [0.2, 0.25) is 0 Å². The molecular weight excluding hydrogens is 212 g/mol. The number of allylic oxidation sites excluding steroid dienone is 2. The van der Waals surface area contributed by atoms with Crippen LogP contribution >= 0.6 is 0 Å². The molecule has 2 heteroatoms. The second-order valence-corrected chi connectivity index (χ2v) is 4.53. The molecule has 0 atom stereocenters. The zero-order valence-electron chi connectivity index (χ0n) is 10.7. The summed E-state index contributed by atoms with van der Waals surface area (Å²) < 4.78 is 5.07. The number of hydrogen-bond acceptors (Lipinski definition) is 2. The van der Waals surface area contributed by atoms with Gasteiger partial charge in [0.25, 0.3) is 0 Å². The van der Waals surface area contributed by atoms with E-state index in [2.05, 4.69) is 12.2 Å². The molecule has 0 aromatic rings. The minimum atomic E-state index is -0.203. The van der Waals surface area contributed by atoms with E-state index in [9.17, 15) is 4.79 Å². The zero-order valence-corrected chi connectivity index (χ0v) is 10.7. The van der Waals surface area contributed by atoms with Crippen LogP contribution < -0.4 is 0 Å². The Hall–Kier alpha value is -1.05. The van der Waals surface area contributed by atoms with Gasteiger partial charge in [-0.15, -0.1) is 0 Å². The van der Waals surface area contributed by atoms with Crippen LogP contribution in [0.3, 0.4) is 0 Å². The molecule has 0 spiro atoms. The van der Waals surface area contributed by atoms with Crippen LogP contribution in [0.15, 0.2) is 24.3 Å². The summed E-state index contributed by atoms with van der Waals surface area (Å²) >= 11 is 0. The van der Waals surface area contributed by atoms with Gasteiger partial charge in [0.05, 0.1) is 6.61 Å². The third-order valence-corrected chi connectivity index (χ3v) is 2.94. The first kappa shape index (κ1) is 14.0. The molecule has 0 bridgehead atoms. The highest BCUT2D eigenvalue weighted by atomic mass is 16.5. The first-order valence-corrected chi connectivity index (χ1v) is 6.88. The Bertz CT molecular complexity index is 254. The third kappa shape index (κ3) is 8.73. The van der Waals surface area contributed by atoms with E-state index in [0.717, 1.165) is 19.3 Å². The fraction of sp³-hybridized carbons (Fsp3) is 0.667. The molecule has 0 saturated carbocycles. The van der Waals surface area contributed by atoms with Crippen molar-refractivity contribution in [2.45, 2.75) is 57.8 Å². The summed E-state index contributed by atoms with van der Waals surface area (Å²) in [4.78, 5) is 11.2. The Balaban J connectivity index is 2.26. The number of carbonyl (C=O) groups is 1. The van der Waals surface area contributed by atoms with Gasteiger partial charge in [-0.05, 0) is 32.1 Å². The summed E-state index contributed by atoms with van der Waals surface area (Å²) in [7, 11) is 0. The Labute approximate surface area is 105 Å². The smallest absolute Gasteiger partial charge is 0.330 e. The van der Waals surface area contributed by atoms with E-state index < -0.39 is 0 Å². The Morgan fingerprint density at radius 1 is 0.765 bits per heavy atom. The predicted octanol–water partition coefficient (Wildman–Crippen LogP) is 4.17. The topological polar surface area (TPSA) is 26.3 Å². The van der Waals surface area contributed by atoms with Gasteiger partial charge in [-0.2, -0.15) is 0 Å². The zero-order chi connectivity index (χ0) is 12.2. The lowest BCUT2D eigenvalue weighted by molar-refractivity contribution is -0.137. The summed E-state index contributed by atoms with van der Waals surface area (Å²) in [5.41, 5.74) is 0. The molecule has 1 heterocycles. The Kier molecular flexibility index (Phi) is 8.35. The van der Waals surface area contributed by atoms with Crippen LogP contribution in [0.1, 0.15) is 57.8 Å². The van der Waals surface area contributed by atoms with Gasteiger partial charge in [-0.1, -0.05) is 43.9 Å². The Morgan fingerprint density at radius 3 is 2.12 bits per heavy atom. The van der Waals surface area contributed by atoms with Crippen molar-refractivity contribution in [3.63, 3.8) is 0 Å². The lowest BCUT2D eigenvalue weighted by atomic mass is 10.1. The van der Waals surface area contributed by atoms with Crippen LogP contribution in [0.4, 0.5) is 0 Å². The number of ether oxygens (including phenoxy) is 1.